The number of fused-ring (bicyclic) bond motifs is 8. The van der Waals surface area contributed by atoms with Crippen molar-refractivity contribution in [3.63, 3.8) is 0 Å². The van der Waals surface area contributed by atoms with E-state index in [2.05, 4.69) is 31.2 Å². The highest BCUT2D eigenvalue weighted by molar-refractivity contribution is 6.26. The van der Waals surface area contributed by atoms with Gasteiger partial charge in [-0.25, -0.2) is 4.79 Å². The van der Waals surface area contributed by atoms with Crippen LogP contribution in [0, 0.1) is 30.6 Å². The fraction of sp³-hybridized carbons (Fsp3) is 0.387. The van der Waals surface area contributed by atoms with Crippen LogP contribution in [0.2, 0.25) is 0 Å². The molecule has 4 bridgehead atoms. The number of ether oxygens (including phenoxy) is 2. The summed E-state index contributed by atoms with van der Waals surface area (Å²) in [6, 6.07) is 14.5. The minimum atomic E-state index is -0.286. The highest BCUT2D eigenvalue weighted by Gasteiger charge is 2.63. The zero-order valence-corrected chi connectivity index (χ0v) is 19.7. The number of carbonyl (C=O) groups is 1. The first-order valence-electron chi connectivity index (χ1n) is 13.1. The van der Waals surface area contributed by atoms with Gasteiger partial charge in [0.15, 0.2) is 0 Å². The van der Waals surface area contributed by atoms with Gasteiger partial charge in [0.1, 0.15) is 29.1 Å². The fourth-order valence-electron chi connectivity index (χ4n) is 9.04. The Morgan fingerprint density at radius 2 is 1.74 bits per heavy atom. The molecule has 0 saturated heterocycles. The lowest BCUT2D eigenvalue weighted by molar-refractivity contribution is -0.201. The van der Waals surface area contributed by atoms with Crippen LogP contribution in [0.3, 0.4) is 0 Å². The zero-order chi connectivity index (χ0) is 23.1. The Kier molecular flexibility index (Phi) is 3.31. The third kappa shape index (κ3) is 2.23. The van der Waals surface area contributed by atoms with E-state index in [0.717, 1.165) is 79.8 Å². The van der Waals surface area contributed by atoms with Crippen LogP contribution in [0.1, 0.15) is 43.2 Å². The molecule has 6 aliphatic rings. The summed E-state index contributed by atoms with van der Waals surface area (Å²) in [6.07, 6.45) is 5.97. The van der Waals surface area contributed by atoms with Crippen molar-refractivity contribution in [2.24, 2.45) is 23.7 Å². The first kappa shape index (κ1) is 19.0. The van der Waals surface area contributed by atoms with Gasteiger partial charge in [0, 0.05) is 27.6 Å². The summed E-state index contributed by atoms with van der Waals surface area (Å²) in [6.45, 7) is 2.62. The van der Waals surface area contributed by atoms with Gasteiger partial charge in [-0.15, -0.1) is 0 Å². The molecular weight excluding hydrogens is 436 g/mol. The van der Waals surface area contributed by atoms with Crippen LogP contribution >= 0.6 is 0 Å². The monoisotopic (exact) mass is 462 g/mol. The number of para-hydroxylation sites is 1. The predicted molar refractivity (Wildman–Crippen MR) is 134 cm³/mol. The number of benzene rings is 3. The summed E-state index contributed by atoms with van der Waals surface area (Å²) in [5.74, 6) is 3.06. The molecule has 174 valence electrons. The van der Waals surface area contributed by atoms with Crippen molar-refractivity contribution >= 4 is 44.3 Å². The molecule has 0 N–H and O–H groups in total. The van der Waals surface area contributed by atoms with Crippen molar-refractivity contribution in [1.29, 1.82) is 0 Å². The molecule has 4 aliphatic carbocycles. The number of aryl methyl sites for hydroxylation is 1. The standard InChI is InChI=1S/C31H26O4/c1-15-8-21-25-22(28-18-10-16-9-17(11-18)13-31(28,12-16)35-30(25)32)14-33-29(21)27-19(15)6-7-24-26(27)20-4-2-3-5-23(20)34-24/h2-8,16-18,28H,9-14H2,1H3. The fourth-order valence-corrected chi connectivity index (χ4v) is 9.04. The van der Waals surface area contributed by atoms with E-state index in [1.807, 2.05) is 18.2 Å². The molecule has 4 aromatic rings. The van der Waals surface area contributed by atoms with E-state index in [-0.39, 0.29) is 11.6 Å². The van der Waals surface area contributed by atoms with E-state index >= 15 is 0 Å². The molecular formula is C31H26O4. The quantitative estimate of drug-likeness (QED) is 0.266. The third-order valence-electron chi connectivity index (χ3n) is 9.88. The van der Waals surface area contributed by atoms with Gasteiger partial charge in [-0.1, -0.05) is 24.3 Å². The molecule has 1 spiro atoms. The summed E-state index contributed by atoms with van der Waals surface area (Å²) >= 11 is 0. The maximum absolute atomic E-state index is 13.8. The normalized spacial score (nSPS) is 32.5. The minimum absolute atomic E-state index is 0.134. The lowest BCUT2D eigenvalue weighted by Crippen LogP contribution is -2.62. The minimum Gasteiger partial charge on any atom is -0.488 e. The zero-order valence-electron chi connectivity index (χ0n) is 19.7. The summed E-state index contributed by atoms with van der Waals surface area (Å²) in [4.78, 5) is 13.8. The van der Waals surface area contributed by atoms with Gasteiger partial charge in [-0.05, 0) is 91.5 Å². The summed E-state index contributed by atoms with van der Waals surface area (Å²) in [5, 5.41) is 4.34. The van der Waals surface area contributed by atoms with Crippen LogP contribution in [-0.4, -0.2) is 18.2 Å². The van der Waals surface area contributed by atoms with Crippen LogP contribution in [0.4, 0.5) is 0 Å². The maximum Gasteiger partial charge on any atom is 0.339 e. The lowest BCUT2D eigenvalue weighted by Gasteiger charge is -2.62. The van der Waals surface area contributed by atoms with Crippen LogP contribution < -0.4 is 4.74 Å². The smallest absolute Gasteiger partial charge is 0.339 e. The molecule has 4 fully saturated rings. The predicted octanol–water partition coefficient (Wildman–Crippen LogP) is 6.95. The Morgan fingerprint density at radius 1 is 0.914 bits per heavy atom. The number of hydrogen-bond donors (Lipinski definition) is 0. The molecule has 0 radical (unpaired) electrons. The van der Waals surface area contributed by atoms with Crippen LogP contribution in [-0.2, 0) is 9.53 Å². The molecule has 4 nitrogen and oxygen atoms in total. The third-order valence-corrected chi connectivity index (χ3v) is 9.88. The van der Waals surface area contributed by atoms with Crippen molar-refractivity contribution in [3.05, 3.63) is 59.2 Å². The van der Waals surface area contributed by atoms with Gasteiger partial charge in [0.2, 0.25) is 0 Å². The van der Waals surface area contributed by atoms with Crippen molar-refractivity contribution < 1.29 is 18.7 Å². The summed E-state index contributed by atoms with van der Waals surface area (Å²) < 4.78 is 19.4. The van der Waals surface area contributed by atoms with Gasteiger partial charge in [0.25, 0.3) is 0 Å². The molecule has 3 atom stereocenters. The number of hydrogen-bond acceptors (Lipinski definition) is 4. The second kappa shape index (κ2) is 6.10. The van der Waals surface area contributed by atoms with Crippen molar-refractivity contribution in [3.8, 4) is 5.75 Å². The molecule has 3 aromatic carbocycles. The van der Waals surface area contributed by atoms with Crippen LogP contribution in [0.15, 0.2) is 52.5 Å². The lowest BCUT2D eigenvalue weighted by atomic mass is 9.47. The Bertz CT molecular complexity index is 1660. The van der Waals surface area contributed by atoms with Crippen LogP contribution in [0.5, 0.6) is 5.75 Å². The molecule has 4 saturated carbocycles. The summed E-state index contributed by atoms with van der Waals surface area (Å²) in [7, 11) is 0. The second-order valence-electron chi connectivity index (χ2n) is 11.8. The Labute approximate surface area is 202 Å². The number of rotatable bonds is 0. The Hall–Kier alpha value is -3.27. The Morgan fingerprint density at radius 3 is 2.60 bits per heavy atom. The van der Waals surface area contributed by atoms with Crippen LogP contribution in [0.25, 0.3) is 38.3 Å². The number of furan rings is 1. The van der Waals surface area contributed by atoms with Gasteiger partial charge in [-0.3, -0.25) is 0 Å². The van der Waals surface area contributed by atoms with Crippen molar-refractivity contribution in [2.45, 2.75) is 44.6 Å². The molecule has 4 heteroatoms. The number of carbonyl (C=O) groups excluding carboxylic acids is 1. The van der Waals surface area contributed by atoms with E-state index in [0.29, 0.717) is 18.4 Å². The molecule has 2 aliphatic heterocycles. The average Bonchev–Trinajstić information content (AvgIpc) is 3.21. The molecule has 1 aromatic heterocycles. The van der Waals surface area contributed by atoms with Crippen molar-refractivity contribution in [1.82, 2.24) is 0 Å². The molecule has 35 heavy (non-hydrogen) atoms. The Balaban J connectivity index is 1.34. The van der Waals surface area contributed by atoms with Crippen molar-refractivity contribution in [2.75, 3.05) is 6.61 Å². The van der Waals surface area contributed by atoms with Gasteiger partial charge in [-0.2, -0.15) is 0 Å². The highest BCUT2D eigenvalue weighted by atomic mass is 16.6. The van der Waals surface area contributed by atoms with Gasteiger partial charge < -0.3 is 13.9 Å². The van der Waals surface area contributed by atoms with E-state index < -0.39 is 0 Å². The average molecular weight is 463 g/mol. The molecule has 10 rings (SSSR count). The highest BCUT2D eigenvalue weighted by Crippen LogP contribution is 2.65. The summed E-state index contributed by atoms with van der Waals surface area (Å²) in [5.41, 5.74) is 5.47. The number of esters is 1. The second-order valence-corrected chi connectivity index (χ2v) is 11.8. The van der Waals surface area contributed by atoms with Gasteiger partial charge in [0.05, 0.1) is 5.57 Å². The van der Waals surface area contributed by atoms with E-state index in [4.69, 9.17) is 13.9 Å². The molecule has 3 heterocycles. The first-order chi connectivity index (χ1) is 17.1. The largest absolute Gasteiger partial charge is 0.488 e. The molecule has 3 unspecified atom stereocenters. The molecule has 0 amide bonds. The topological polar surface area (TPSA) is 48.7 Å². The SMILES string of the molecule is Cc1cc2c(c3c1ccc1oc4ccccc4c13)OCC1=C2C(=O)OC23CC4CC(CC(C4)C12)C3. The van der Waals surface area contributed by atoms with E-state index in [9.17, 15) is 4.79 Å². The maximum atomic E-state index is 13.8. The first-order valence-corrected chi connectivity index (χ1v) is 13.1. The van der Waals surface area contributed by atoms with E-state index in [1.165, 1.54) is 24.8 Å². The van der Waals surface area contributed by atoms with Gasteiger partial charge >= 0.3 is 5.97 Å². The van der Waals surface area contributed by atoms with E-state index in [1.54, 1.807) is 0 Å².